The SMILES string of the molecule is O=C(O)C1CCCN1C1CCSC1. The zero-order valence-electron chi connectivity index (χ0n) is 7.61. The molecule has 0 aromatic carbocycles. The van der Waals surface area contributed by atoms with Gasteiger partial charge in [0.25, 0.3) is 0 Å². The average Bonchev–Trinajstić information content (AvgIpc) is 2.74. The van der Waals surface area contributed by atoms with Crippen LogP contribution >= 0.6 is 11.8 Å². The molecule has 1 N–H and O–H groups in total. The van der Waals surface area contributed by atoms with Crippen molar-refractivity contribution in [3.05, 3.63) is 0 Å². The van der Waals surface area contributed by atoms with E-state index in [1.165, 1.54) is 12.2 Å². The molecule has 2 aliphatic rings. The van der Waals surface area contributed by atoms with Gasteiger partial charge >= 0.3 is 5.97 Å². The molecule has 74 valence electrons. The van der Waals surface area contributed by atoms with Gasteiger partial charge in [0.05, 0.1) is 0 Å². The highest BCUT2D eigenvalue weighted by atomic mass is 32.2. The van der Waals surface area contributed by atoms with Crippen molar-refractivity contribution in [2.24, 2.45) is 0 Å². The Balaban J connectivity index is 2.00. The maximum absolute atomic E-state index is 10.9. The first kappa shape index (κ1) is 9.34. The zero-order valence-corrected chi connectivity index (χ0v) is 8.42. The topological polar surface area (TPSA) is 40.5 Å². The number of aliphatic carboxylic acids is 1. The summed E-state index contributed by atoms with van der Waals surface area (Å²) in [5.41, 5.74) is 0. The molecule has 2 heterocycles. The number of thioether (sulfide) groups is 1. The van der Waals surface area contributed by atoms with E-state index in [4.69, 9.17) is 5.11 Å². The molecule has 0 aromatic heterocycles. The van der Waals surface area contributed by atoms with E-state index in [1.807, 2.05) is 11.8 Å². The molecule has 2 saturated heterocycles. The van der Waals surface area contributed by atoms with Gasteiger partial charge in [-0.3, -0.25) is 9.69 Å². The number of rotatable bonds is 2. The molecule has 0 radical (unpaired) electrons. The van der Waals surface area contributed by atoms with Gasteiger partial charge in [-0.2, -0.15) is 11.8 Å². The van der Waals surface area contributed by atoms with Gasteiger partial charge in [-0.15, -0.1) is 0 Å². The van der Waals surface area contributed by atoms with Crippen molar-refractivity contribution in [2.75, 3.05) is 18.1 Å². The number of likely N-dealkylation sites (tertiary alicyclic amines) is 1. The fraction of sp³-hybridized carbons (Fsp3) is 0.889. The largest absolute Gasteiger partial charge is 0.480 e. The predicted molar refractivity (Wildman–Crippen MR) is 53.1 cm³/mol. The van der Waals surface area contributed by atoms with Crippen LogP contribution in [0.3, 0.4) is 0 Å². The summed E-state index contributed by atoms with van der Waals surface area (Å²) in [6.07, 6.45) is 3.07. The number of hydrogen-bond donors (Lipinski definition) is 1. The van der Waals surface area contributed by atoms with Crippen LogP contribution in [0.4, 0.5) is 0 Å². The molecule has 2 fully saturated rings. The van der Waals surface area contributed by atoms with Crippen LogP contribution in [-0.2, 0) is 4.79 Å². The molecule has 13 heavy (non-hydrogen) atoms. The first-order valence-electron chi connectivity index (χ1n) is 4.85. The van der Waals surface area contributed by atoms with E-state index >= 15 is 0 Å². The molecule has 0 spiro atoms. The number of carbonyl (C=O) groups is 1. The molecular weight excluding hydrogens is 186 g/mol. The maximum Gasteiger partial charge on any atom is 0.320 e. The third kappa shape index (κ3) is 1.83. The smallest absolute Gasteiger partial charge is 0.320 e. The predicted octanol–water partition coefficient (Wildman–Crippen LogP) is 1.04. The summed E-state index contributed by atoms with van der Waals surface area (Å²) in [5, 5.41) is 9.00. The zero-order chi connectivity index (χ0) is 9.26. The molecule has 0 aromatic rings. The van der Waals surface area contributed by atoms with E-state index in [9.17, 15) is 4.79 Å². The lowest BCUT2D eigenvalue weighted by Crippen LogP contribution is -2.43. The van der Waals surface area contributed by atoms with Crippen LogP contribution in [0.1, 0.15) is 19.3 Å². The molecule has 2 aliphatic heterocycles. The lowest BCUT2D eigenvalue weighted by Gasteiger charge is -2.27. The summed E-state index contributed by atoms with van der Waals surface area (Å²) in [6, 6.07) is 0.345. The highest BCUT2D eigenvalue weighted by Gasteiger charge is 2.36. The quantitative estimate of drug-likeness (QED) is 0.724. The Hall–Kier alpha value is -0.220. The van der Waals surface area contributed by atoms with Crippen LogP contribution in [0.5, 0.6) is 0 Å². The van der Waals surface area contributed by atoms with E-state index in [2.05, 4.69) is 4.90 Å². The highest BCUT2D eigenvalue weighted by Crippen LogP contribution is 2.28. The normalized spacial score (nSPS) is 35.4. The number of hydrogen-bond acceptors (Lipinski definition) is 3. The molecule has 2 rings (SSSR count). The second-order valence-corrected chi connectivity index (χ2v) is 4.90. The van der Waals surface area contributed by atoms with Crippen LogP contribution in [0.2, 0.25) is 0 Å². The van der Waals surface area contributed by atoms with Gasteiger partial charge in [0, 0.05) is 11.8 Å². The molecule has 0 bridgehead atoms. The minimum atomic E-state index is -0.630. The molecule has 3 nitrogen and oxygen atoms in total. The third-order valence-electron chi connectivity index (χ3n) is 2.95. The van der Waals surface area contributed by atoms with Gasteiger partial charge < -0.3 is 5.11 Å². The highest BCUT2D eigenvalue weighted by molar-refractivity contribution is 7.99. The Kier molecular flexibility index (Phi) is 2.79. The van der Waals surface area contributed by atoms with Crippen molar-refractivity contribution in [3.63, 3.8) is 0 Å². The summed E-state index contributed by atoms with van der Waals surface area (Å²) in [6.45, 7) is 0.988. The molecule has 4 heteroatoms. The average molecular weight is 201 g/mol. The van der Waals surface area contributed by atoms with Gasteiger partial charge in [-0.1, -0.05) is 0 Å². The fourth-order valence-electron chi connectivity index (χ4n) is 2.27. The van der Waals surface area contributed by atoms with E-state index in [0.717, 1.165) is 25.1 Å². The van der Waals surface area contributed by atoms with E-state index in [0.29, 0.717) is 6.04 Å². The third-order valence-corrected chi connectivity index (χ3v) is 4.10. The number of nitrogens with zero attached hydrogens (tertiary/aromatic N) is 1. The summed E-state index contributed by atoms with van der Waals surface area (Å²) in [7, 11) is 0. The van der Waals surface area contributed by atoms with Crippen molar-refractivity contribution in [1.82, 2.24) is 4.90 Å². The summed E-state index contributed by atoms with van der Waals surface area (Å²) in [5.74, 6) is 1.70. The maximum atomic E-state index is 10.9. The van der Waals surface area contributed by atoms with E-state index in [1.54, 1.807) is 0 Å². The Morgan fingerprint density at radius 1 is 1.46 bits per heavy atom. The van der Waals surface area contributed by atoms with Crippen molar-refractivity contribution >= 4 is 17.7 Å². The monoisotopic (exact) mass is 201 g/mol. The fourth-order valence-corrected chi connectivity index (χ4v) is 3.51. The van der Waals surface area contributed by atoms with Crippen LogP contribution in [0, 0.1) is 0 Å². The van der Waals surface area contributed by atoms with Crippen molar-refractivity contribution in [1.29, 1.82) is 0 Å². The minimum absolute atomic E-state index is 0.191. The summed E-state index contributed by atoms with van der Waals surface area (Å²) >= 11 is 1.95. The van der Waals surface area contributed by atoms with Crippen molar-refractivity contribution < 1.29 is 9.90 Å². The van der Waals surface area contributed by atoms with Crippen molar-refractivity contribution in [3.8, 4) is 0 Å². The standard InChI is InChI=1S/C9H15NO2S/c11-9(12)8-2-1-4-10(8)7-3-5-13-6-7/h7-8H,1-6H2,(H,11,12). The Labute approximate surface area is 82.5 Å². The Morgan fingerprint density at radius 2 is 2.31 bits per heavy atom. The van der Waals surface area contributed by atoms with Crippen LogP contribution < -0.4 is 0 Å². The second-order valence-electron chi connectivity index (χ2n) is 3.75. The molecule has 2 atom stereocenters. The lowest BCUT2D eigenvalue weighted by atomic mass is 10.2. The van der Waals surface area contributed by atoms with Crippen LogP contribution in [0.15, 0.2) is 0 Å². The summed E-state index contributed by atoms with van der Waals surface area (Å²) < 4.78 is 0. The van der Waals surface area contributed by atoms with E-state index in [-0.39, 0.29) is 6.04 Å². The summed E-state index contributed by atoms with van der Waals surface area (Å²) in [4.78, 5) is 13.1. The van der Waals surface area contributed by atoms with Gasteiger partial charge in [-0.05, 0) is 31.6 Å². The number of carboxylic acids is 1. The first-order chi connectivity index (χ1) is 6.29. The van der Waals surface area contributed by atoms with E-state index < -0.39 is 5.97 Å². The Morgan fingerprint density at radius 3 is 2.92 bits per heavy atom. The van der Waals surface area contributed by atoms with Crippen molar-refractivity contribution in [2.45, 2.75) is 31.3 Å². The van der Waals surface area contributed by atoms with Gasteiger partial charge in [0.1, 0.15) is 6.04 Å². The van der Waals surface area contributed by atoms with Crippen LogP contribution in [-0.4, -0.2) is 46.1 Å². The lowest BCUT2D eigenvalue weighted by molar-refractivity contribution is -0.142. The molecule has 0 amide bonds. The van der Waals surface area contributed by atoms with Gasteiger partial charge in [0.15, 0.2) is 0 Å². The first-order valence-corrected chi connectivity index (χ1v) is 6.01. The molecular formula is C9H15NO2S. The van der Waals surface area contributed by atoms with Gasteiger partial charge in [-0.25, -0.2) is 0 Å². The minimum Gasteiger partial charge on any atom is -0.480 e. The number of carboxylic acid groups (broad SMARTS) is 1. The molecule has 2 unspecified atom stereocenters. The second kappa shape index (κ2) is 3.88. The Bertz CT molecular complexity index is 204. The van der Waals surface area contributed by atoms with Crippen LogP contribution in [0.25, 0.3) is 0 Å². The molecule has 0 saturated carbocycles. The van der Waals surface area contributed by atoms with Gasteiger partial charge in [0.2, 0.25) is 0 Å². The molecule has 0 aliphatic carbocycles.